The van der Waals surface area contributed by atoms with Crippen molar-refractivity contribution in [2.45, 2.75) is 44.4 Å². The first-order valence-corrected chi connectivity index (χ1v) is 13.9. The van der Waals surface area contributed by atoms with Crippen LogP contribution in [0.25, 0.3) is 17.2 Å². The molecule has 12 nitrogen and oxygen atoms in total. The highest BCUT2D eigenvalue weighted by Gasteiger charge is 2.36. The predicted octanol–water partition coefficient (Wildman–Crippen LogP) is 3.72. The van der Waals surface area contributed by atoms with E-state index < -0.39 is 33.5 Å². The van der Waals surface area contributed by atoms with Crippen molar-refractivity contribution in [2.75, 3.05) is 20.8 Å². The molecule has 0 N–H and O–H groups in total. The van der Waals surface area contributed by atoms with E-state index in [9.17, 15) is 17.2 Å². The van der Waals surface area contributed by atoms with Crippen LogP contribution in [0, 0.1) is 6.92 Å². The van der Waals surface area contributed by atoms with Crippen molar-refractivity contribution in [3.8, 4) is 28.7 Å². The Kier molecular flexibility index (Phi) is 8.73. The number of sulfone groups is 1. The third-order valence-electron chi connectivity index (χ3n) is 6.12. The van der Waals surface area contributed by atoms with E-state index in [1.807, 2.05) is 6.92 Å². The molecule has 0 radical (unpaired) electrons. The summed E-state index contributed by atoms with van der Waals surface area (Å²) >= 11 is 0. The maximum Gasteiger partial charge on any atom is 0.333 e. The highest BCUT2D eigenvalue weighted by atomic mass is 32.2. The smallest absolute Gasteiger partial charge is 0.333 e. The number of methoxy groups -OCH3 is 2. The normalized spacial score (nSPS) is 13.4. The zero-order chi connectivity index (χ0) is 29.0. The lowest BCUT2D eigenvalue weighted by atomic mass is 10.2. The first-order valence-electron chi connectivity index (χ1n) is 12.2. The van der Waals surface area contributed by atoms with Crippen molar-refractivity contribution in [2.24, 2.45) is 0 Å². The average Bonchev–Trinajstić information content (AvgIpc) is 3.58. The largest absolute Gasteiger partial charge is 0.494 e. The number of hydrogen-bond donors (Lipinski definition) is 0. The van der Waals surface area contributed by atoms with E-state index >= 15 is 0 Å². The number of aromatic nitrogens is 7. The van der Waals surface area contributed by atoms with Gasteiger partial charge >= 0.3 is 6.55 Å². The van der Waals surface area contributed by atoms with E-state index in [2.05, 4.69) is 25.3 Å². The molecule has 4 rings (SSSR count). The zero-order valence-electron chi connectivity index (χ0n) is 22.5. The number of alkyl halides is 2. The topological polar surface area (TPSA) is 136 Å². The summed E-state index contributed by atoms with van der Waals surface area (Å²) < 4.78 is 72.8. The molecule has 214 valence electrons. The maximum atomic E-state index is 13.8. The van der Waals surface area contributed by atoms with E-state index in [1.165, 1.54) is 31.8 Å². The number of ether oxygens (including phenoxy) is 3. The lowest BCUT2D eigenvalue weighted by Crippen LogP contribution is -2.30. The molecule has 0 aliphatic carbocycles. The molecule has 15 heteroatoms. The lowest BCUT2D eigenvalue weighted by molar-refractivity contribution is 0.0556. The molecule has 4 aromatic rings. The second kappa shape index (κ2) is 12.0. The molecule has 0 aliphatic heterocycles. The second-order valence-electron chi connectivity index (χ2n) is 8.75. The number of rotatable bonds is 12. The minimum absolute atomic E-state index is 0.0169. The summed E-state index contributed by atoms with van der Waals surface area (Å²) in [6.45, 7) is 2.42. The maximum absolute atomic E-state index is 13.8. The second-order valence-corrected chi connectivity index (χ2v) is 11.1. The number of halogens is 2. The van der Waals surface area contributed by atoms with Crippen LogP contribution in [0.3, 0.4) is 0 Å². The quantitative estimate of drug-likeness (QED) is 0.245. The molecular formula is C25H29F2N7O5S. The zero-order valence-corrected chi connectivity index (χ0v) is 23.3. The third kappa shape index (κ3) is 5.79. The van der Waals surface area contributed by atoms with Gasteiger partial charge in [0.1, 0.15) is 34.7 Å². The van der Waals surface area contributed by atoms with Gasteiger partial charge in [-0.15, -0.1) is 10.2 Å². The molecule has 0 spiro atoms. The van der Waals surface area contributed by atoms with Gasteiger partial charge in [-0.1, -0.05) is 6.07 Å². The Morgan fingerprint density at radius 1 is 1.02 bits per heavy atom. The van der Waals surface area contributed by atoms with E-state index in [0.29, 0.717) is 16.2 Å². The van der Waals surface area contributed by atoms with Crippen LogP contribution in [0.1, 0.15) is 43.7 Å². The van der Waals surface area contributed by atoms with Crippen LogP contribution in [-0.2, 0) is 20.3 Å². The van der Waals surface area contributed by atoms with Gasteiger partial charge in [0.25, 0.3) is 0 Å². The molecule has 0 saturated heterocycles. The number of hydrogen-bond acceptors (Lipinski definition) is 10. The SMILES string of the molecule is CCO[C@H](c1ncc(C)cn1)[C@H](C)S(=O)(=O)Cc1nnc(-c2ccn(C(F)F)n2)n1-c1c(OC)cccc1OC. The molecule has 2 atom stereocenters. The molecule has 3 aromatic heterocycles. The summed E-state index contributed by atoms with van der Waals surface area (Å²) in [5.74, 6) is 0.253. The van der Waals surface area contributed by atoms with Crippen LogP contribution < -0.4 is 9.47 Å². The summed E-state index contributed by atoms with van der Waals surface area (Å²) in [6.07, 6.45) is 3.31. The number of nitrogens with zero attached hydrogens (tertiary/aromatic N) is 7. The summed E-state index contributed by atoms with van der Waals surface area (Å²) in [6, 6.07) is 6.29. The van der Waals surface area contributed by atoms with Crippen molar-refractivity contribution in [3.05, 3.63) is 60.1 Å². The minimum Gasteiger partial charge on any atom is -0.494 e. The van der Waals surface area contributed by atoms with E-state index in [1.54, 1.807) is 37.5 Å². The van der Waals surface area contributed by atoms with Gasteiger partial charge in [0.05, 0.1) is 19.5 Å². The van der Waals surface area contributed by atoms with E-state index in [0.717, 1.165) is 11.8 Å². The summed E-state index contributed by atoms with van der Waals surface area (Å²) in [7, 11) is -1.13. The Labute approximate surface area is 229 Å². The van der Waals surface area contributed by atoms with Gasteiger partial charge in [-0.2, -0.15) is 13.9 Å². The summed E-state index contributed by atoms with van der Waals surface area (Å²) in [5.41, 5.74) is 1.13. The number of para-hydroxylation sites is 1. The highest BCUT2D eigenvalue weighted by Crippen LogP contribution is 2.37. The van der Waals surface area contributed by atoms with Gasteiger partial charge in [-0.3, -0.25) is 4.57 Å². The molecule has 0 aliphatic rings. The van der Waals surface area contributed by atoms with Gasteiger partial charge in [0.15, 0.2) is 27.3 Å². The molecule has 0 unspecified atom stereocenters. The fourth-order valence-corrected chi connectivity index (χ4v) is 5.46. The molecule has 0 amide bonds. The van der Waals surface area contributed by atoms with E-state index in [-0.39, 0.29) is 35.5 Å². The van der Waals surface area contributed by atoms with Gasteiger partial charge < -0.3 is 14.2 Å². The van der Waals surface area contributed by atoms with Crippen LogP contribution in [0.4, 0.5) is 8.78 Å². The van der Waals surface area contributed by atoms with Crippen LogP contribution in [0.5, 0.6) is 11.5 Å². The number of benzene rings is 1. The molecule has 0 fully saturated rings. The fourth-order valence-electron chi connectivity index (χ4n) is 4.08. The molecule has 40 heavy (non-hydrogen) atoms. The Bertz CT molecular complexity index is 1540. The van der Waals surface area contributed by atoms with Crippen molar-refractivity contribution < 1.29 is 31.4 Å². The third-order valence-corrected chi connectivity index (χ3v) is 8.16. The first kappa shape index (κ1) is 29.0. The summed E-state index contributed by atoms with van der Waals surface area (Å²) in [5, 5.41) is 11.1. The van der Waals surface area contributed by atoms with Gasteiger partial charge in [0.2, 0.25) is 0 Å². The Morgan fingerprint density at radius 3 is 2.23 bits per heavy atom. The Morgan fingerprint density at radius 2 is 1.68 bits per heavy atom. The minimum atomic E-state index is -4.00. The Hall–Kier alpha value is -3.98. The van der Waals surface area contributed by atoms with Gasteiger partial charge in [0, 0.05) is 25.2 Å². The first-order chi connectivity index (χ1) is 19.1. The molecule has 0 saturated carbocycles. The van der Waals surface area contributed by atoms with Crippen LogP contribution in [0.15, 0.2) is 42.9 Å². The van der Waals surface area contributed by atoms with Crippen molar-refractivity contribution >= 4 is 9.84 Å². The van der Waals surface area contributed by atoms with Gasteiger partial charge in [-0.05, 0) is 44.5 Å². The summed E-state index contributed by atoms with van der Waals surface area (Å²) in [4.78, 5) is 8.54. The fraction of sp³-hybridized carbons (Fsp3) is 0.400. The number of aryl methyl sites for hydroxylation is 1. The highest BCUT2D eigenvalue weighted by molar-refractivity contribution is 7.91. The Balaban J connectivity index is 1.84. The predicted molar refractivity (Wildman–Crippen MR) is 140 cm³/mol. The van der Waals surface area contributed by atoms with Crippen LogP contribution in [0.2, 0.25) is 0 Å². The molecule has 0 bridgehead atoms. The molecule has 3 heterocycles. The van der Waals surface area contributed by atoms with E-state index in [4.69, 9.17) is 14.2 Å². The monoisotopic (exact) mass is 577 g/mol. The van der Waals surface area contributed by atoms with Crippen LogP contribution in [-0.4, -0.2) is 69.0 Å². The molecular weight excluding hydrogens is 548 g/mol. The van der Waals surface area contributed by atoms with Crippen molar-refractivity contribution in [1.29, 1.82) is 0 Å². The average molecular weight is 578 g/mol. The van der Waals surface area contributed by atoms with Crippen molar-refractivity contribution in [1.82, 2.24) is 34.5 Å². The lowest BCUT2D eigenvalue weighted by Gasteiger charge is -2.23. The van der Waals surface area contributed by atoms with Crippen LogP contribution >= 0.6 is 0 Å². The molecule has 1 aromatic carbocycles. The van der Waals surface area contributed by atoms with Crippen molar-refractivity contribution in [3.63, 3.8) is 0 Å². The van der Waals surface area contributed by atoms with Gasteiger partial charge in [-0.25, -0.2) is 23.1 Å². The standard InChI is InChI=1S/C25H29F2N7O5S/c1-6-39-22(23-28-12-15(2)13-29-23)16(3)40(35,36)14-20-30-31-24(17-10-11-33(32-17)25(26)27)34(20)21-18(37-4)8-7-9-19(21)38-5/h7-13,16,22,25H,6,14H2,1-5H3/t16-,22-/m0/s1.